The highest BCUT2D eigenvalue weighted by atomic mass is 19.1. The maximum atomic E-state index is 13.0. The van der Waals surface area contributed by atoms with Crippen LogP contribution in [-0.2, 0) is 0 Å². The molecular formula is C10H13F2N. The molecule has 0 amide bonds. The third-order valence-corrected chi connectivity index (χ3v) is 2.13. The molecule has 3 heteroatoms. The first-order valence-corrected chi connectivity index (χ1v) is 4.23. The van der Waals surface area contributed by atoms with Crippen molar-refractivity contribution in [2.24, 2.45) is 5.73 Å². The van der Waals surface area contributed by atoms with E-state index < -0.39 is 12.7 Å². The van der Waals surface area contributed by atoms with Gasteiger partial charge in [0.2, 0.25) is 0 Å². The van der Waals surface area contributed by atoms with Crippen molar-refractivity contribution in [3.63, 3.8) is 0 Å². The Kier molecular flexibility index (Phi) is 3.37. The van der Waals surface area contributed by atoms with Gasteiger partial charge in [-0.05, 0) is 30.5 Å². The van der Waals surface area contributed by atoms with Crippen LogP contribution < -0.4 is 5.73 Å². The summed E-state index contributed by atoms with van der Waals surface area (Å²) in [5, 5.41) is 0. The maximum Gasteiger partial charge on any atom is 0.126 e. The second-order valence-corrected chi connectivity index (χ2v) is 3.04. The second kappa shape index (κ2) is 4.33. The Labute approximate surface area is 76.6 Å². The van der Waals surface area contributed by atoms with Crippen LogP contribution in [0.5, 0.6) is 0 Å². The van der Waals surface area contributed by atoms with Crippen LogP contribution in [-0.4, -0.2) is 6.67 Å². The fraction of sp³-hybridized carbons (Fsp3) is 0.400. The summed E-state index contributed by atoms with van der Waals surface area (Å²) in [5.74, 6) is -0.285. The van der Waals surface area contributed by atoms with E-state index in [1.54, 1.807) is 19.1 Å². The summed E-state index contributed by atoms with van der Waals surface area (Å²) in [4.78, 5) is 0. The molecule has 0 saturated carbocycles. The number of hydrogen-bond acceptors (Lipinski definition) is 1. The molecule has 72 valence electrons. The molecule has 0 radical (unpaired) electrons. The summed E-state index contributed by atoms with van der Waals surface area (Å²) in [6, 6.07) is 4.30. The van der Waals surface area contributed by atoms with Gasteiger partial charge in [-0.15, -0.1) is 0 Å². The molecular weight excluding hydrogens is 172 g/mol. The average molecular weight is 185 g/mol. The summed E-state index contributed by atoms with van der Waals surface area (Å²) in [6.07, 6.45) is 0.240. The monoisotopic (exact) mass is 185 g/mol. The Hall–Kier alpha value is -0.960. The first-order valence-electron chi connectivity index (χ1n) is 4.23. The van der Waals surface area contributed by atoms with Gasteiger partial charge in [0, 0.05) is 6.04 Å². The third-order valence-electron chi connectivity index (χ3n) is 2.13. The predicted molar refractivity (Wildman–Crippen MR) is 48.7 cm³/mol. The number of rotatable bonds is 3. The number of hydrogen-bond donors (Lipinski definition) is 1. The molecule has 0 saturated heterocycles. The molecule has 2 N–H and O–H groups in total. The van der Waals surface area contributed by atoms with Crippen LogP contribution in [0.2, 0.25) is 0 Å². The highest BCUT2D eigenvalue weighted by Crippen LogP contribution is 2.20. The summed E-state index contributed by atoms with van der Waals surface area (Å²) < 4.78 is 25.0. The van der Waals surface area contributed by atoms with Crippen molar-refractivity contribution in [2.75, 3.05) is 6.67 Å². The smallest absolute Gasteiger partial charge is 0.126 e. The van der Waals surface area contributed by atoms with Crippen LogP contribution >= 0.6 is 0 Å². The van der Waals surface area contributed by atoms with E-state index in [0.29, 0.717) is 11.1 Å². The molecule has 0 bridgehead atoms. The summed E-state index contributed by atoms with van der Waals surface area (Å²) >= 11 is 0. The number of nitrogens with two attached hydrogens (primary N) is 1. The Morgan fingerprint density at radius 3 is 2.77 bits per heavy atom. The van der Waals surface area contributed by atoms with Gasteiger partial charge in [-0.3, -0.25) is 4.39 Å². The van der Waals surface area contributed by atoms with Crippen LogP contribution in [0.15, 0.2) is 18.2 Å². The molecule has 0 aliphatic carbocycles. The Bertz CT molecular complexity index is 286. The highest BCUT2D eigenvalue weighted by Gasteiger charge is 2.10. The minimum Gasteiger partial charge on any atom is -0.324 e. The van der Waals surface area contributed by atoms with Crippen molar-refractivity contribution in [2.45, 2.75) is 19.4 Å². The lowest BCUT2D eigenvalue weighted by molar-refractivity contribution is 0.440. The van der Waals surface area contributed by atoms with Crippen LogP contribution in [0, 0.1) is 12.7 Å². The molecule has 0 heterocycles. The number of benzene rings is 1. The molecule has 0 unspecified atom stereocenters. The zero-order valence-electron chi connectivity index (χ0n) is 7.56. The lowest BCUT2D eigenvalue weighted by atomic mass is 10.00. The molecule has 0 aliphatic rings. The van der Waals surface area contributed by atoms with E-state index in [4.69, 9.17) is 5.73 Å². The van der Waals surface area contributed by atoms with Crippen molar-refractivity contribution in [3.8, 4) is 0 Å². The number of alkyl halides is 1. The van der Waals surface area contributed by atoms with Crippen LogP contribution in [0.4, 0.5) is 8.78 Å². The van der Waals surface area contributed by atoms with E-state index in [9.17, 15) is 8.78 Å². The van der Waals surface area contributed by atoms with Gasteiger partial charge < -0.3 is 5.73 Å². The molecule has 1 rings (SSSR count). The lowest BCUT2D eigenvalue weighted by Crippen LogP contribution is -2.13. The van der Waals surface area contributed by atoms with Gasteiger partial charge in [-0.1, -0.05) is 12.1 Å². The predicted octanol–water partition coefficient (Wildman–Crippen LogP) is 2.49. The molecule has 1 atom stereocenters. The standard InChI is InChI=1S/C10H13F2N/c1-7-8(10(13)5-6-11)3-2-4-9(7)12/h2-4,10H,5-6,13H2,1H3/t10-/m0/s1. The van der Waals surface area contributed by atoms with Crippen molar-refractivity contribution < 1.29 is 8.78 Å². The summed E-state index contributed by atoms with van der Waals surface area (Å²) in [7, 11) is 0. The third kappa shape index (κ3) is 2.25. The fourth-order valence-corrected chi connectivity index (χ4v) is 1.30. The van der Waals surface area contributed by atoms with Gasteiger partial charge in [-0.2, -0.15) is 0 Å². The molecule has 13 heavy (non-hydrogen) atoms. The van der Waals surface area contributed by atoms with E-state index in [-0.39, 0.29) is 12.2 Å². The Morgan fingerprint density at radius 2 is 2.15 bits per heavy atom. The summed E-state index contributed by atoms with van der Waals surface area (Å²) in [6.45, 7) is 1.18. The molecule has 1 nitrogen and oxygen atoms in total. The van der Waals surface area contributed by atoms with E-state index in [1.165, 1.54) is 6.07 Å². The largest absolute Gasteiger partial charge is 0.324 e. The molecule has 1 aromatic carbocycles. The van der Waals surface area contributed by atoms with Gasteiger partial charge in [0.1, 0.15) is 5.82 Å². The SMILES string of the molecule is Cc1c(F)cccc1[C@@H](N)CCF. The van der Waals surface area contributed by atoms with Gasteiger partial charge >= 0.3 is 0 Å². The number of halogens is 2. The lowest BCUT2D eigenvalue weighted by Gasteiger charge is -2.12. The van der Waals surface area contributed by atoms with Crippen LogP contribution in [0.3, 0.4) is 0 Å². The molecule has 0 spiro atoms. The minimum absolute atomic E-state index is 0.240. The Balaban J connectivity index is 2.93. The maximum absolute atomic E-state index is 13.0. The first-order chi connectivity index (χ1) is 6.16. The van der Waals surface area contributed by atoms with Crippen molar-refractivity contribution in [3.05, 3.63) is 35.1 Å². The van der Waals surface area contributed by atoms with E-state index >= 15 is 0 Å². The van der Waals surface area contributed by atoms with E-state index in [1.807, 2.05) is 0 Å². The zero-order chi connectivity index (χ0) is 9.84. The molecule has 0 aromatic heterocycles. The van der Waals surface area contributed by atoms with Crippen LogP contribution in [0.1, 0.15) is 23.6 Å². The van der Waals surface area contributed by atoms with Crippen molar-refractivity contribution >= 4 is 0 Å². The van der Waals surface area contributed by atoms with Gasteiger partial charge in [0.15, 0.2) is 0 Å². The first kappa shape index (κ1) is 10.1. The summed E-state index contributed by atoms with van der Waals surface area (Å²) in [5.41, 5.74) is 6.88. The van der Waals surface area contributed by atoms with Crippen molar-refractivity contribution in [1.29, 1.82) is 0 Å². The molecule has 0 fully saturated rings. The molecule has 0 aliphatic heterocycles. The second-order valence-electron chi connectivity index (χ2n) is 3.04. The van der Waals surface area contributed by atoms with Crippen LogP contribution in [0.25, 0.3) is 0 Å². The quantitative estimate of drug-likeness (QED) is 0.769. The van der Waals surface area contributed by atoms with Gasteiger partial charge in [0.25, 0.3) is 0 Å². The topological polar surface area (TPSA) is 26.0 Å². The average Bonchev–Trinajstić information content (AvgIpc) is 2.10. The van der Waals surface area contributed by atoms with E-state index in [2.05, 4.69) is 0 Å². The highest BCUT2D eigenvalue weighted by molar-refractivity contribution is 5.29. The van der Waals surface area contributed by atoms with Gasteiger partial charge in [0.05, 0.1) is 6.67 Å². The fourth-order valence-electron chi connectivity index (χ4n) is 1.30. The normalized spacial score (nSPS) is 12.9. The minimum atomic E-state index is -0.475. The van der Waals surface area contributed by atoms with Gasteiger partial charge in [-0.25, -0.2) is 4.39 Å². The molecule has 1 aromatic rings. The zero-order valence-corrected chi connectivity index (χ0v) is 7.56. The Morgan fingerprint density at radius 1 is 1.46 bits per heavy atom. The van der Waals surface area contributed by atoms with Crippen molar-refractivity contribution in [1.82, 2.24) is 0 Å². The van der Waals surface area contributed by atoms with E-state index in [0.717, 1.165) is 0 Å².